The number of hydrogen-bond donors (Lipinski definition) is 2. The molecule has 0 aliphatic heterocycles. The fourth-order valence-corrected chi connectivity index (χ4v) is 3.96. The minimum atomic E-state index is -0.530. The van der Waals surface area contributed by atoms with Crippen LogP contribution in [-0.2, 0) is 11.3 Å². The van der Waals surface area contributed by atoms with E-state index in [1.54, 1.807) is 24.3 Å². The van der Waals surface area contributed by atoms with Crippen LogP contribution in [-0.4, -0.2) is 20.4 Å². The lowest BCUT2D eigenvalue weighted by Crippen LogP contribution is -2.31. The lowest BCUT2D eigenvalue weighted by molar-refractivity contribution is -0.116. The van der Waals surface area contributed by atoms with Gasteiger partial charge in [0.15, 0.2) is 5.13 Å². The number of anilines is 1. The van der Waals surface area contributed by atoms with Crippen molar-refractivity contribution in [1.82, 2.24) is 14.5 Å². The molecule has 0 radical (unpaired) electrons. The number of hydrogen-bond acceptors (Lipinski definition) is 5. The third kappa shape index (κ3) is 3.95. The van der Waals surface area contributed by atoms with Crippen LogP contribution >= 0.6 is 11.3 Å². The van der Waals surface area contributed by atoms with E-state index in [9.17, 15) is 14.4 Å². The molecule has 8 heteroatoms. The van der Waals surface area contributed by atoms with Crippen molar-refractivity contribution in [2.75, 3.05) is 5.32 Å². The fraction of sp³-hybridized carbons (Fsp3) is 0.182. The van der Waals surface area contributed by atoms with Gasteiger partial charge in [-0.2, -0.15) is 0 Å². The van der Waals surface area contributed by atoms with Crippen molar-refractivity contribution < 1.29 is 4.79 Å². The van der Waals surface area contributed by atoms with Crippen LogP contribution < -0.4 is 16.6 Å². The molecular weight excluding hydrogens is 400 g/mol. The SMILES string of the molecule is Cc1ccc(-c2csc(NC(=O)CCn3c(=O)[nH]c(=O)c4ccccc43)n2)cc1C. The van der Waals surface area contributed by atoms with Crippen molar-refractivity contribution in [3.05, 3.63) is 79.8 Å². The number of thiazole rings is 1. The molecule has 0 aliphatic carbocycles. The van der Waals surface area contributed by atoms with E-state index in [-0.39, 0.29) is 18.9 Å². The van der Waals surface area contributed by atoms with Gasteiger partial charge in [0.05, 0.1) is 16.6 Å². The minimum Gasteiger partial charge on any atom is -0.302 e. The van der Waals surface area contributed by atoms with Gasteiger partial charge in [0.2, 0.25) is 5.91 Å². The predicted molar refractivity (Wildman–Crippen MR) is 119 cm³/mol. The van der Waals surface area contributed by atoms with Crippen molar-refractivity contribution >= 4 is 33.3 Å². The summed E-state index contributed by atoms with van der Waals surface area (Å²) in [6.07, 6.45) is 0.0779. The highest BCUT2D eigenvalue weighted by Crippen LogP contribution is 2.26. The van der Waals surface area contributed by atoms with Crippen molar-refractivity contribution in [2.24, 2.45) is 0 Å². The second-order valence-electron chi connectivity index (χ2n) is 7.06. The number of aromatic amines is 1. The lowest BCUT2D eigenvalue weighted by atomic mass is 10.1. The molecule has 4 aromatic rings. The summed E-state index contributed by atoms with van der Waals surface area (Å²) in [7, 11) is 0. The highest BCUT2D eigenvalue weighted by Gasteiger charge is 2.11. The Kier molecular flexibility index (Phi) is 5.33. The van der Waals surface area contributed by atoms with Gasteiger partial charge in [0.1, 0.15) is 0 Å². The second-order valence-corrected chi connectivity index (χ2v) is 7.92. The number of benzene rings is 2. The predicted octanol–water partition coefficient (Wildman–Crippen LogP) is 3.46. The average Bonchev–Trinajstić information content (AvgIpc) is 3.18. The standard InChI is InChI=1S/C22H20N4O3S/c1-13-7-8-15(11-14(13)2)17-12-30-21(23-17)24-19(27)9-10-26-18-6-4-3-5-16(18)20(28)25-22(26)29/h3-8,11-12H,9-10H2,1-2H3,(H,23,24,27)(H,25,28,29). The van der Waals surface area contributed by atoms with Crippen LogP contribution in [0.15, 0.2) is 57.4 Å². The van der Waals surface area contributed by atoms with E-state index in [0.29, 0.717) is 16.0 Å². The molecule has 0 aliphatic rings. The molecule has 0 saturated heterocycles. The Morgan fingerprint density at radius 2 is 1.93 bits per heavy atom. The number of aromatic nitrogens is 3. The van der Waals surface area contributed by atoms with E-state index in [4.69, 9.17) is 0 Å². The van der Waals surface area contributed by atoms with Gasteiger partial charge in [0, 0.05) is 23.9 Å². The van der Waals surface area contributed by atoms with E-state index in [1.807, 2.05) is 11.4 Å². The number of aryl methyl sites for hydroxylation is 3. The second kappa shape index (κ2) is 8.08. The van der Waals surface area contributed by atoms with Gasteiger partial charge < -0.3 is 5.32 Å². The van der Waals surface area contributed by atoms with Gasteiger partial charge in [-0.25, -0.2) is 9.78 Å². The quantitative estimate of drug-likeness (QED) is 0.517. The lowest BCUT2D eigenvalue weighted by Gasteiger charge is -2.09. The van der Waals surface area contributed by atoms with Crippen LogP contribution in [0.2, 0.25) is 0 Å². The zero-order valence-electron chi connectivity index (χ0n) is 16.6. The molecular formula is C22H20N4O3S. The third-order valence-electron chi connectivity index (χ3n) is 5.02. The molecule has 1 amide bonds. The molecule has 0 atom stereocenters. The molecule has 7 nitrogen and oxygen atoms in total. The number of carbonyl (C=O) groups is 1. The average molecular weight is 420 g/mol. The first-order chi connectivity index (χ1) is 14.4. The van der Waals surface area contributed by atoms with Crippen LogP contribution in [0.1, 0.15) is 17.5 Å². The first-order valence-electron chi connectivity index (χ1n) is 9.47. The summed E-state index contributed by atoms with van der Waals surface area (Å²) in [4.78, 5) is 43.3. The van der Waals surface area contributed by atoms with Crippen LogP contribution in [0, 0.1) is 13.8 Å². The molecule has 0 bridgehead atoms. The zero-order valence-corrected chi connectivity index (χ0v) is 17.4. The molecule has 2 N–H and O–H groups in total. The summed E-state index contributed by atoms with van der Waals surface area (Å²) in [6.45, 7) is 4.26. The maximum absolute atomic E-state index is 12.4. The minimum absolute atomic E-state index is 0.0779. The highest BCUT2D eigenvalue weighted by molar-refractivity contribution is 7.14. The summed E-state index contributed by atoms with van der Waals surface area (Å²) in [5.74, 6) is -0.252. The number of amides is 1. The number of rotatable bonds is 5. The van der Waals surface area contributed by atoms with Crippen LogP contribution in [0.4, 0.5) is 5.13 Å². The summed E-state index contributed by atoms with van der Waals surface area (Å²) < 4.78 is 1.40. The van der Waals surface area contributed by atoms with Crippen LogP contribution in [0.5, 0.6) is 0 Å². The van der Waals surface area contributed by atoms with Gasteiger partial charge >= 0.3 is 5.69 Å². The first kappa shape index (κ1) is 19.8. The van der Waals surface area contributed by atoms with Gasteiger partial charge in [0.25, 0.3) is 5.56 Å². The van der Waals surface area contributed by atoms with Crippen molar-refractivity contribution in [1.29, 1.82) is 0 Å². The maximum atomic E-state index is 12.4. The maximum Gasteiger partial charge on any atom is 0.328 e. The Labute approximate surface area is 176 Å². The summed E-state index contributed by atoms with van der Waals surface area (Å²) >= 11 is 1.35. The normalized spacial score (nSPS) is 11.0. The van der Waals surface area contributed by atoms with Gasteiger partial charge in [-0.1, -0.05) is 24.3 Å². The summed E-state index contributed by atoms with van der Waals surface area (Å²) in [5.41, 5.74) is 3.75. The van der Waals surface area contributed by atoms with E-state index < -0.39 is 11.2 Å². The first-order valence-corrected chi connectivity index (χ1v) is 10.4. The van der Waals surface area contributed by atoms with Gasteiger partial charge in [-0.05, 0) is 43.2 Å². The van der Waals surface area contributed by atoms with E-state index in [0.717, 1.165) is 11.3 Å². The summed E-state index contributed by atoms with van der Waals surface area (Å²) in [6, 6.07) is 13.0. The Hall–Kier alpha value is -3.52. The van der Waals surface area contributed by atoms with E-state index in [2.05, 4.69) is 41.3 Å². The Morgan fingerprint density at radius 3 is 2.73 bits per heavy atom. The van der Waals surface area contributed by atoms with Crippen LogP contribution in [0.3, 0.4) is 0 Å². The summed E-state index contributed by atoms with van der Waals surface area (Å²) in [5, 5.41) is 5.61. The van der Waals surface area contributed by atoms with Crippen molar-refractivity contribution in [3.63, 3.8) is 0 Å². The molecule has 2 aromatic heterocycles. The fourth-order valence-electron chi connectivity index (χ4n) is 3.22. The topological polar surface area (TPSA) is 96.9 Å². The molecule has 0 spiro atoms. The highest BCUT2D eigenvalue weighted by atomic mass is 32.1. The monoisotopic (exact) mass is 420 g/mol. The number of nitrogens with one attached hydrogen (secondary N) is 2. The Balaban J connectivity index is 1.47. The van der Waals surface area contributed by atoms with Gasteiger partial charge in [-0.3, -0.25) is 19.1 Å². The largest absolute Gasteiger partial charge is 0.328 e. The molecule has 30 heavy (non-hydrogen) atoms. The van der Waals surface area contributed by atoms with Gasteiger partial charge in [-0.15, -0.1) is 11.3 Å². The number of nitrogens with zero attached hydrogens (tertiary/aromatic N) is 2. The van der Waals surface area contributed by atoms with Crippen molar-refractivity contribution in [2.45, 2.75) is 26.8 Å². The van der Waals surface area contributed by atoms with E-state index >= 15 is 0 Å². The number of H-pyrrole nitrogens is 1. The zero-order chi connectivity index (χ0) is 21.3. The van der Waals surface area contributed by atoms with E-state index in [1.165, 1.54) is 27.0 Å². The molecule has 152 valence electrons. The smallest absolute Gasteiger partial charge is 0.302 e. The van der Waals surface area contributed by atoms with Crippen LogP contribution in [0.25, 0.3) is 22.2 Å². The molecule has 0 unspecified atom stereocenters. The Bertz CT molecular complexity index is 1370. The molecule has 0 fully saturated rings. The molecule has 4 rings (SSSR count). The number of fused-ring (bicyclic) bond motifs is 1. The molecule has 2 heterocycles. The van der Waals surface area contributed by atoms with Crippen molar-refractivity contribution in [3.8, 4) is 11.3 Å². The molecule has 0 saturated carbocycles. The third-order valence-corrected chi connectivity index (χ3v) is 5.78. The Morgan fingerprint density at radius 1 is 1.13 bits per heavy atom. The number of carbonyl (C=O) groups excluding carboxylic acids is 1. The molecule has 2 aromatic carbocycles. The number of para-hydroxylation sites is 1.